The van der Waals surface area contributed by atoms with Gasteiger partial charge in [-0.25, -0.2) is 0 Å². The van der Waals surface area contributed by atoms with Crippen LogP contribution in [0.2, 0.25) is 5.02 Å². The average Bonchev–Trinajstić information content (AvgIpc) is 2.86. The Kier molecular flexibility index (Phi) is 5.25. The Balaban J connectivity index is 1.94. The summed E-state index contributed by atoms with van der Waals surface area (Å²) in [5.41, 5.74) is -0.0843. The van der Waals surface area contributed by atoms with Gasteiger partial charge in [0.05, 0.1) is 5.56 Å². The minimum atomic E-state index is -0.590. The molecule has 1 saturated carbocycles. The molecular formula is C17H19BrClN3O2. The zero-order chi connectivity index (χ0) is 17.2. The van der Waals surface area contributed by atoms with E-state index in [1.165, 1.54) is 0 Å². The highest BCUT2D eigenvalue weighted by Crippen LogP contribution is 2.35. The van der Waals surface area contributed by atoms with Crippen LogP contribution in [0.1, 0.15) is 60.6 Å². The standard InChI is InChI=1S/C17H19BrClN3O2/c1-11-20-16(22-24-11)17(8-4-2-3-5-9-17)21-15(23)13-10-12(19)6-7-14(13)18/h6-7,10H,2-5,8-9H2,1H3,(H,21,23). The monoisotopic (exact) mass is 411 g/mol. The molecule has 1 aromatic carbocycles. The van der Waals surface area contributed by atoms with Gasteiger partial charge in [0, 0.05) is 16.4 Å². The maximum absolute atomic E-state index is 12.9. The first-order valence-corrected chi connectivity index (χ1v) is 9.26. The van der Waals surface area contributed by atoms with E-state index in [-0.39, 0.29) is 5.91 Å². The summed E-state index contributed by atoms with van der Waals surface area (Å²) in [6.07, 6.45) is 5.94. The first-order chi connectivity index (χ1) is 11.5. The lowest BCUT2D eigenvalue weighted by Crippen LogP contribution is -2.46. The Hall–Kier alpha value is -1.40. The van der Waals surface area contributed by atoms with E-state index in [1.54, 1.807) is 25.1 Å². The van der Waals surface area contributed by atoms with Crippen molar-refractivity contribution in [1.29, 1.82) is 0 Å². The predicted molar refractivity (Wildman–Crippen MR) is 95.0 cm³/mol. The highest BCUT2D eigenvalue weighted by molar-refractivity contribution is 9.10. The number of nitrogens with zero attached hydrogens (tertiary/aromatic N) is 2. The van der Waals surface area contributed by atoms with Gasteiger partial charge in [0.1, 0.15) is 5.54 Å². The van der Waals surface area contributed by atoms with Gasteiger partial charge >= 0.3 is 0 Å². The second-order valence-electron chi connectivity index (χ2n) is 6.21. The minimum Gasteiger partial charge on any atom is -0.340 e. The average molecular weight is 413 g/mol. The molecule has 1 heterocycles. The van der Waals surface area contributed by atoms with Crippen molar-refractivity contribution in [2.24, 2.45) is 0 Å². The van der Waals surface area contributed by atoms with E-state index in [0.717, 1.165) is 38.5 Å². The lowest BCUT2D eigenvalue weighted by molar-refractivity contribution is 0.0876. The number of halogens is 2. The van der Waals surface area contributed by atoms with Gasteiger partial charge in [-0.05, 0) is 47.0 Å². The highest BCUT2D eigenvalue weighted by Gasteiger charge is 2.39. The summed E-state index contributed by atoms with van der Waals surface area (Å²) in [4.78, 5) is 17.3. The third-order valence-electron chi connectivity index (χ3n) is 4.44. The van der Waals surface area contributed by atoms with Gasteiger partial charge in [-0.15, -0.1) is 0 Å². The van der Waals surface area contributed by atoms with Crippen LogP contribution < -0.4 is 5.32 Å². The van der Waals surface area contributed by atoms with Crippen LogP contribution in [0.3, 0.4) is 0 Å². The van der Waals surface area contributed by atoms with Crippen LogP contribution in [-0.2, 0) is 5.54 Å². The number of rotatable bonds is 3. The minimum absolute atomic E-state index is 0.186. The molecule has 128 valence electrons. The van der Waals surface area contributed by atoms with E-state index in [9.17, 15) is 4.79 Å². The van der Waals surface area contributed by atoms with Gasteiger partial charge in [-0.2, -0.15) is 4.98 Å². The molecule has 5 nitrogen and oxygen atoms in total. The number of carbonyl (C=O) groups is 1. The number of benzene rings is 1. The van der Waals surface area contributed by atoms with Gasteiger partial charge in [0.15, 0.2) is 5.82 Å². The van der Waals surface area contributed by atoms with Crippen molar-refractivity contribution >= 4 is 33.4 Å². The summed E-state index contributed by atoms with van der Waals surface area (Å²) < 4.78 is 5.88. The molecule has 2 aromatic rings. The summed E-state index contributed by atoms with van der Waals surface area (Å²) in [7, 11) is 0. The second kappa shape index (κ2) is 7.23. The fraction of sp³-hybridized carbons (Fsp3) is 0.471. The van der Waals surface area contributed by atoms with Gasteiger partial charge < -0.3 is 9.84 Å². The molecule has 1 aromatic heterocycles. The van der Waals surface area contributed by atoms with Gasteiger partial charge in [-0.3, -0.25) is 4.79 Å². The molecule has 1 amide bonds. The summed E-state index contributed by atoms with van der Waals surface area (Å²) in [6, 6.07) is 5.18. The summed E-state index contributed by atoms with van der Waals surface area (Å²) in [5.74, 6) is 0.883. The van der Waals surface area contributed by atoms with Crippen LogP contribution in [0.25, 0.3) is 0 Å². The molecule has 0 aliphatic heterocycles. The second-order valence-corrected chi connectivity index (χ2v) is 7.50. The number of hydrogen-bond acceptors (Lipinski definition) is 4. The summed E-state index contributed by atoms with van der Waals surface area (Å²) >= 11 is 9.46. The fourth-order valence-corrected chi connectivity index (χ4v) is 3.79. The Morgan fingerprint density at radius 1 is 1.29 bits per heavy atom. The molecule has 1 aliphatic rings. The maximum atomic E-state index is 12.9. The summed E-state index contributed by atoms with van der Waals surface area (Å²) in [6.45, 7) is 1.76. The van der Waals surface area contributed by atoms with E-state index >= 15 is 0 Å². The first kappa shape index (κ1) is 17.4. The van der Waals surface area contributed by atoms with Crippen LogP contribution in [0.15, 0.2) is 27.2 Å². The van der Waals surface area contributed by atoms with E-state index in [0.29, 0.717) is 26.8 Å². The molecular weight excluding hydrogens is 394 g/mol. The zero-order valence-electron chi connectivity index (χ0n) is 13.4. The number of hydrogen-bond donors (Lipinski definition) is 1. The van der Waals surface area contributed by atoms with Crippen molar-refractivity contribution in [3.05, 3.63) is 45.0 Å². The molecule has 0 saturated heterocycles. The van der Waals surface area contributed by atoms with Crippen LogP contribution in [0.5, 0.6) is 0 Å². The number of amides is 1. The van der Waals surface area contributed by atoms with Crippen molar-refractivity contribution in [2.75, 3.05) is 0 Å². The maximum Gasteiger partial charge on any atom is 0.253 e. The van der Waals surface area contributed by atoms with Crippen molar-refractivity contribution in [3.63, 3.8) is 0 Å². The molecule has 1 fully saturated rings. The van der Waals surface area contributed by atoms with Gasteiger partial charge in [0.25, 0.3) is 5.91 Å². The van der Waals surface area contributed by atoms with Crippen LogP contribution >= 0.6 is 27.5 Å². The van der Waals surface area contributed by atoms with Crippen LogP contribution in [0, 0.1) is 6.92 Å². The Bertz CT molecular complexity index is 739. The predicted octanol–water partition coefficient (Wildman–Crippen LogP) is 4.77. The van der Waals surface area contributed by atoms with Crippen LogP contribution in [0.4, 0.5) is 0 Å². The highest BCUT2D eigenvalue weighted by atomic mass is 79.9. The van der Waals surface area contributed by atoms with Crippen molar-refractivity contribution in [2.45, 2.75) is 51.0 Å². The SMILES string of the molecule is Cc1nc(C2(NC(=O)c3cc(Cl)ccc3Br)CCCCCC2)no1. The molecule has 1 N–H and O–H groups in total. The third kappa shape index (κ3) is 3.64. The van der Waals surface area contributed by atoms with Gasteiger partial charge in [-0.1, -0.05) is 42.4 Å². The molecule has 3 rings (SSSR count). The first-order valence-electron chi connectivity index (χ1n) is 8.08. The normalized spacial score (nSPS) is 17.3. The molecule has 0 bridgehead atoms. The molecule has 24 heavy (non-hydrogen) atoms. The molecule has 0 atom stereocenters. The number of nitrogens with one attached hydrogen (secondary N) is 1. The number of aromatic nitrogens is 2. The number of aryl methyl sites for hydroxylation is 1. The van der Waals surface area contributed by atoms with E-state index in [1.807, 2.05) is 0 Å². The Labute approximate surface area is 154 Å². The van der Waals surface area contributed by atoms with E-state index in [2.05, 4.69) is 31.4 Å². The lowest BCUT2D eigenvalue weighted by atomic mass is 9.88. The molecule has 0 unspecified atom stereocenters. The van der Waals surface area contributed by atoms with E-state index < -0.39 is 5.54 Å². The van der Waals surface area contributed by atoms with E-state index in [4.69, 9.17) is 16.1 Å². The fourth-order valence-electron chi connectivity index (χ4n) is 3.19. The summed E-state index contributed by atoms with van der Waals surface area (Å²) in [5, 5.41) is 7.80. The molecule has 7 heteroatoms. The number of carbonyl (C=O) groups excluding carboxylic acids is 1. The molecule has 0 radical (unpaired) electrons. The van der Waals surface area contributed by atoms with Crippen molar-refractivity contribution in [1.82, 2.24) is 15.5 Å². The smallest absolute Gasteiger partial charge is 0.253 e. The quantitative estimate of drug-likeness (QED) is 0.737. The zero-order valence-corrected chi connectivity index (χ0v) is 15.8. The van der Waals surface area contributed by atoms with Gasteiger partial charge in [0.2, 0.25) is 5.89 Å². The Morgan fingerprint density at radius 2 is 2.00 bits per heavy atom. The lowest BCUT2D eigenvalue weighted by Gasteiger charge is -2.31. The molecule has 0 spiro atoms. The van der Waals surface area contributed by atoms with Crippen LogP contribution in [-0.4, -0.2) is 16.0 Å². The molecule has 1 aliphatic carbocycles. The Morgan fingerprint density at radius 3 is 2.62 bits per heavy atom. The van der Waals surface area contributed by atoms with Crippen molar-refractivity contribution < 1.29 is 9.32 Å². The van der Waals surface area contributed by atoms with Crippen molar-refractivity contribution in [3.8, 4) is 0 Å². The topological polar surface area (TPSA) is 68.0 Å². The largest absolute Gasteiger partial charge is 0.340 e. The third-order valence-corrected chi connectivity index (χ3v) is 5.37.